The topological polar surface area (TPSA) is 58.0 Å². The van der Waals surface area contributed by atoms with E-state index < -0.39 is 5.60 Å². The quantitative estimate of drug-likeness (QED) is 0.823. The van der Waals surface area contributed by atoms with Crippen molar-refractivity contribution in [1.82, 2.24) is 9.36 Å². The minimum absolute atomic E-state index is 0.516. The van der Waals surface area contributed by atoms with Crippen LogP contribution in [0, 0.1) is 0 Å². The van der Waals surface area contributed by atoms with Gasteiger partial charge in [0.25, 0.3) is 0 Å². The fourth-order valence-corrected chi connectivity index (χ4v) is 2.56. The van der Waals surface area contributed by atoms with Gasteiger partial charge < -0.3 is 10.4 Å². The Labute approximate surface area is 93.9 Å². The number of aliphatic hydroxyl groups is 1. The van der Waals surface area contributed by atoms with Gasteiger partial charge in [0.15, 0.2) is 0 Å². The number of hydrogen-bond acceptors (Lipinski definition) is 5. The second-order valence-electron chi connectivity index (χ2n) is 4.15. The highest BCUT2D eigenvalue weighted by molar-refractivity contribution is 7.09. The molecule has 84 valence electrons. The summed E-state index contributed by atoms with van der Waals surface area (Å²) >= 11 is 1.37. The third-order valence-corrected chi connectivity index (χ3v) is 3.60. The zero-order chi connectivity index (χ0) is 10.7. The summed E-state index contributed by atoms with van der Waals surface area (Å²) in [5, 5.41) is 14.1. The van der Waals surface area contributed by atoms with Crippen LogP contribution in [-0.2, 0) is 6.42 Å². The Morgan fingerprint density at radius 3 is 2.80 bits per heavy atom. The second kappa shape index (κ2) is 4.45. The van der Waals surface area contributed by atoms with Crippen LogP contribution in [0.2, 0.25) is 0 Å². The molecule has 0 spiro atoms. The molecule has 1 aliphatic rings. The smallest absolute Gasteiger partial charge is 0.202 e. The average molecular weight is 227 g/mol. The molecule has 1 saturated carbocycles. The Morgan fingerprint density at radius 2 is 2.20 bits per heavy atom. The van der Waals surface area contributed by atoms with Crippen molar-refractivity contribution in [1.29, 1.82) is 0 Å². The van der Waals surface area contributed by atoms with Gasteiger partial charge in [-0.05, 0) is 12.8 Å². The first-order chi connectivity index (χ1) is 7.22. The van der Waals surface area contributed by atoms with Crippen molar-refractivity contribution in [3.63, 3.8) is 0 Å². The molecular weight excluding hydrogens is 210 g/mol. The van der Waals surface area contributed by atoms with Gasteiger partial charge in [-0.2, -0.15) is 4.37 Å². The van der Waals surface area contributed by atoms with E-state index in [2.05, 4.69) is 14.7 Å². The number of hydrogen-bond donors (Lipinski definition) is 2. The predicted octanol–water partition coefficient (Wildman–Crippen LogP) is 1.82. The summed E-state index contributed by atoms with van der Waals surface area (Å²) in [5.41, 5.74) is -0.516. The maximum absolute atomic E-state index is 10.1. The number of anilines is 1. The van der Waals surface area contributed by atoms with Crippen LogP contribution in [0.4, 0.5) is 5.13 Å². The summed E-state index contributed by atoms with van der Waals surface area (Å²) in [7, 11) is 0. The number of nitrogens with zero attached hydrogens (tertiary/aromatic N) is 2. The largest absolute Gasteiger partial charge is 0.388 e. The molecule has 0 bridgehead atoms. The van der Waals surface area contributed by atoms with Crippen molar-refractivity contribution >= 4 is 16.7 Å². The van der Waals surface area contributed by atoms with E-state index in [1.165, 1.54) is 11.5 Å². The Morgan fingerprint density at radius 1 is 1.47 bits per heavy atom. The van der Waals surface area contributed by atoms with Crippen molar-refractivity contribution in [2.75, 3.05) is 11.9 Å². The van der Waals surface area contributed by atoms with Crippen molar-refractivity contribution in [2.24, 2.45) is 0 Å². The van der Waals surface area contributed by atoms with E-state index in [0.717, 1.165) is 43.1 Å². The lowest BCUT2D eigenvalue weighted by molar-refractivity contribution is 0.0614. The van der Waals surface area contributed by atoms with E-state index in [1.54, 1.807) is 0 Å². The van der Waals surface area contributed by atoms with Crippen LogP contribution >= 0.6 is 11.5 Å². The van der Waals surface area contributed by atoms with Crippen LogP contribution in [0.1, 0.15) is 38.4 Å². The molecule has 0 amide bonds. The Balaban J connectivity index is 1.87. The van der Waals surface area contributed by atoms with Crippen LogP contribution in [0.3, 0.4) is 0 Å². The number of aryl methyl sites for hydroxylation is 1. The van der Waals surface area contributed by atoms with Crippen molar-refractivity contribution in [3.05, 3.63) is 5.82 Å². The molecule has 15 heavy (non-hydrogen) atoms. The normalized spacial score (nSPS) is 19.3. The molecule has 1 aliphatic carbocycles. The van der Waals surface area contributed by atoms with Gasteiger partial charge >= 0.3 is 0 Å². The molecular formula is C10H17N3OS. The molecule has 0 aromatic carbocycles. The Bertz CT molecular complexity index is 320. The van der Waals surface area contributed by atoms with Gasteiger partial charge in [-0.25, -0.2) is 4.98 Å². The van der Waals surface area contributed by atoms with Gasteiger partial charge in [0.2, 0.25) is 5.13 Å². The first-order valence-corrected chi connectivity index (χ1v) is 6.28. The summed E-state index contributed by atoms with van der Waals surface area (Å²) in [5.74, 6) is 0.876. The van der Waals surface area contributed by atoms with Gasteiger partial charge in [-0.15, -0.1) is 0 Å². The standard InChI is InChI=1S/C10H17N3OS/c1-2-8-12-9(15-13-8)11-7-10(14)5-3-4-6-10/h14H,2-7H2,1H3,(H,11,12,13). The van der Waals surface area contributed by atoms with Crippen LogP contribution in [-0.4, -0.2) is 26.6 Å². The van der Waals surface area contributed by atoms with E-state index in [1.807, 2.05) is 6.92 Å². The molecule has 1 heterocycles. The van der Waals surface area contributed by atoms with Gasteiger partial charge in [0, 0.05) is 24.5 Å². The van der Waals surface area contributed by atoms with Gasteiger partial charge in [0.05, 0.1) is 5.60 Å². The lowest BCUT2D eigenvalue weighted by Gasteiger charge is -2.21. The van der Waals surface area contributed by atoms with Crippen LogP contribution in [0.5, 0.6) is 0 Å². The maximum Gasteiger partial charge on any atom is 0.202 e. The molecule has 4 nitrogen and oxygen atoms in total. The molecule has 5 heteroatoms. The molecule has 0 atom stereocenters. The predicted molar refractivity (Wildman–Crippen MR) is 61.2 cm³/mol. The van der Waals surface area contributed by atoms with Gasteiger partial charge in [-0.3, -0.25) is 0 Å². The van der Waals surface area contributed by atoms with Crippen LogP contribution < -0.4 is 5.32 Å². The second-order valence-corrected chi connectivity index (χ2v) is 4.91. The number of rotatable bonds is 4. The summed E-state index contributed by atoms with van der Waals surface area (Å²) in [6.45, 7) is 2.64. The van der Waals surface area contributed by atoms with Crippen molar-refractivity contribution in [2.45, 2.75) is 44.6 Å². The molecule has 2 N–H and O–H groups in total. The lowest BCUT2D eigenvalue weighted by Crippen LogP contribution is -2.33. The Hall–Kier alpha value is -0.680. The molecule has 0 radical (unpaired) electrons. The monoisotopic (exact) mass is 227 g/mol. The summed E-state index contributed by atoms with van der Waals surface area (Å²) in [6, 6.07) is 0. The SMILES string of the molecule is CCc1nsc(NCC2(O)CCCC2)n1. The minimum Gasteiger partial charge on any atom is -0.388 e. The molecule has 1 aromatic rings. The summed E-state index contributed by atoms with van der Waals surface area (Å²) in [4.78, 5) is 4.31. The van der Waals surface area contributed by atoms with Gasteiger partial charge in [-0.1, -0.05) is 19.8 Å². The van der Waals surface area contributed by atoms with Crippen LogP contribution in [0.15, 0.2) is 0 Å². The molecule has 0 aliphatic heterocycles. The van der Waals surface area contributed by atoms with Crippen LogP contribution in [0.25, 0.3) is 0 Å². The van der Waals surface area contributed by atoms with E-state index >= 15 is 0 Å². The van der Waals surface area contributed by atoms with E-state index in [4.69, 9.17) is 0 Å². The summed E-state index contributed by atoms with van der Waals surface area (Å²) < 4.78 is 4.19. The summed E-state index contributed by atoms with van der Waals surface area (Å²) in [6.07, 6.45) is 4.93. The Kier molecular flexibility index (Phi) is 3.21. The molecule has 0 unspecified atom stereocenters. The minimum atomic E-state index is -0.516. The van der Waals surface area contributed by atoms with Gasteiger partial charge in [0.1, 0.15) is 5.82 Å². The zero-order valence-corrected chi connectivity index (χ0v) is 9.81. The first-order valence-electron chi connectivity index (χ1n) is 5.51. The lowest BCUT2D eigenvalue weighted by atomic mass is 10.0. The number of aromatic nitrogens is 2. The number of nitrogens with one attached hydrogen (secondary N) is 1. The van der Waals surface area contributed by atoms with Crippen molar-refractivity contribution < 1.29 is 5.11 Å². The molecule has 1 fully saturated rings. The zero-order valence-electron chi connectivity index (χ0n) is 8.99. The van der Waals surface area contributed by atoms with E-state index in [9.17, 15) is 5.11 Å². The highest BCUT2D eigenvalue weighted by atomic mass is 32.1. The third kappa shape index (κ3) is 2.66. The van der Waals surface area contributed by atoms with Crippen molar-refractivity contribution in [3.8, 4) is 0 Å². The van der Waals surface area contributed by atoms with E-state index in [-0.39, 0.29) is 0 Å². The fourth-order valence-electron chi connectivity index (χ4n) is 1.92. The third-order valence-electron chi connectivity index (χ3n) is 2.89. The molecule has 2 rings (SSSR count). The fraction of sp³-hybridized carbons (Fsp3) is 0.800. The average Bonchev–Trinajstić information content (AvgIpc) is 2.84. The highest BCUT2D eigenvalue weighted by Crippen LogP contribution is 2.29. The molecule has 1 aromatic heterocycles. The molecule has 0 saturated heterocycles. The first kappa shape index (κ1) is 10.8. The highest BCUT2D eigenvalue weighted by Gasteiger charge is 2.30. The van der Waals surface area contributed by atoms with E-state index in [0.29, 0.717) is 6.54 Å². The maximum atomic E-state index is 10.1.